The van der Waals surface area contributed by atoms with Gasteiger partial charge in [0.1, 0.15) is 6.29 Å². The van der Waals surface area contributed by atoms with E-state index in [1.54, 1.807) is 0 Å². The lowest BCUT2D eigenvalue weighted by Gasteiger charge is -2.52. The van der Waals surface area contributed by atoms with E-state index in [4.69, 9.17) is 27.9 Å². The smallest absolute Gasteiger partial charge is 0.229 e. The van der Waals surface area contributed by atoms with E-state index in [1.165, 1.54) is 0 Å². The number of piperidine rings is 1. The minimum Gasteiger partial charge on any atom is -0.379 e. The summed E-state index contributed by atoms with van der Waals surface area (Å²) in [6.07, 6.45) is 2.46. The van der Waals surface area contributed by atoms with Crippen LogP contribution in [-0.4, -0.2) is 60.9 Å². The van der Waals surface area contributed by atoms with Gasteiger partial charge in [-0.05, 0) is 48.2 Å². The number of likely N-dealkylation sites (tertiary alicyclic amines) is 1. The number of benzene rings is 2. The average molecular weight is 517 g/mol. The maximum absolute atomic E-state index is 14.2. The number of ether oxygens (including phenoxy) is 1. The van der Waals surface area contributed by atoms with Gasteiger partial charge in [0.05, 0.1) is 24.7 Å². The van der Waals surface area contributed by atoms with Crippen molar-refractivity contribution in [2.45, 2.75) is 51.1 Å². The van der Waals surface area contributed by atoms with E-state index in [2.05, 4.69) is 22.8 Å². The molecule has 2 fully saturated rings. The maximum Gasteiger partial charge on any atom is 0.229 e. The highest BCUT2D eigenvalue weighted by molar-refractivity contribution is 6.30. The van der Waals surface area contributed by atoms with E-state index in [-0.39, 0.29) is 30.3 Å². The highest BCUT2D eigenvalue weighted by atomic mass is 35.5. The van der Waals surface area contributed by atoms with Crippen LogP contribution in [0.5, 0.6) is 0 Å². The molecule has 2 aromatic carbocycles. The van der Waals surface area contributed by atoms with Crippen LogP contribution in [0, 0.1) is 5.41 Å². The zero-order valence-electron chi connectivity index (χ0n) is 20.5. The minimum atomic E-state index is -0.782. The van der Waals surface area contributed by atoms with Gasteiger partial charge in [0, 0.05) is 48.1 Å². The second-order valence-corrected chi connectivity index (χ2v) is 10.9. The molecule has 0 aromatic heterocycles. The van der Waals surface area contributed by atoms with Crippen LogP contribution in [0.25, 0.3) is 0 Å². The van der Waals surface area contributed by atoms with Gasteiger partial charge in [-0.15, -0.1) is 0 Å². The van der Waals surface area contributed by atoms with E-state index in [0.29, 0.717) is 29.7 Å². The lowest BCUT2D eigenvalue weighted by molar-refractivity contribution is -0.157. The molecule has 2 saturated heterocycles. The third-order valence-corrected chi connectivity index (χ3v) is 8.05. The van der Waals surface area contributed by atoms with Crippen LogP contribution in [0.1, 0.15) is 56.2 Å². The number of carbonyl (C=O) groups excluding carboxylic acids is 2. The average Bonchev–Trinajstić information content (AvgIpc) is 2.86. The Morgan fingerprint density at radius 1 is 1.09 bits per heavy atom. The zero-order chi connectivity index (χ0) is 25.0. The lowest BCUT2D eigenvalue weighted by Crippen LogP contribution is -2.58. The molecule has 0 saturated carbocycles. The molecule has 0 spiro atoms. The third-order valence-electron chi connectivity index (χ3n) is 7.56. The predicted octanol–water partition coefficient (Wildman–Crippen LogP) is 5.76. The molecule has 0 aliphatic carbocycles. The van der Waals surface area contributed by atoms with Gasteiger partial charge in [0.2, 0.25) is 5.91 Å². The summed E-state index contributed by atoms with van der Waals surface area (Å²) in [5, 5.41) is 1.33. The van der Waals surface area contributed by atoms with Crippen molar-refractivity contribution in [2.75, 3.05) is 32.8 Å². The molecule has 0 radical (unpaired) electrons. The number of halogens is 2. The molecule has 4 atom stereocenters. The zero-order valence-corrected chi connectivity index (χ0v) is 22.0. The molecule has 7 heteroatoms. The number of morpholine rings is 1. The Morgan fingerprint density at radius 2 is 1.80 bits per heavy atom. The maximum atomic E-state index is 14.2. The summed E-state index contributed by atoms with van der Waals surface area (Å²) >= 11 is 12.7. The fourth-order valence-corrected chi connectivity index (χ4v) is 5.97. The minimum absolute atomic E-state index is 0.00533. The molecule has 2 aliphatic rings. The van der Waals surface area contributed by atoms with Crippen molar-refractivity contribution < 1.29 is 14.3 Å². The lowest BCUT2D eigenvalue weighted by atomic mass is 9.67. The number of nitrogens with zero attached hydrogens (tertiary/aromatic N) is 2. The number of rotatable bonds is 8. The highest BCUT2D eigenvalue weighted by Gasteiger charge is 2.51. The second-order valence-electron chi connectivity index (χ2n) is 9.98. The molecule has 2 heterocycles. The Balaban J connectivity index is 1.83. The molecule has 188 valence electrons. The van der Waals surface area contributed by atoms with Crippen molar-refractivity contribution >= 4 is 35.4 Å². The van der Waals surface area contributed by atoms with E-state index < -0.39 is 5.41 Å². The predicted molar refractivity (Wildman–Crippen MR) is 140 cm³/mol. The highest BCUT2D eigenvalue weighted by Crippen LogP contribution is 2.52. The Labute approximate surface area is 218 Å². The molecular formula is C28H34Cl2N2O3. The fourth-order valence-electron chi connectivity index (χ4n) is 5.65. The number of hydrogen-bond donors (Lipinski definition) is 0. The molecule has 35 heavy (non-hydrogen) atoms. The second kappa shape index (κ2) is 11.4. The van der Waals surface area contributed by atoms with Crippen LogP contribution >= 0.6 is 23.2 Å². The van der Waals surface area contributed by atoms with E-state index in [0.717, 1.165) is 43.5 Å². The van der Waals surface area contributed by atoms with Gasteiger partial charge in [0.25, 0.3) is 0 Å². The largest absolute Gasteiger partial charge is 0.379 e. The normalized spacial score (nSPS) is 26.5. The Hall–Kier alpha value is -1.92. The Morgan fingerprint density at radius 3 is 2.43 bits per heavy atom. The van der Waals surface area contributed by atoms with Gasteiger partial charge < -0.3 is 14.4 Å². The fraction of sp³-hybridized carbons (Fsp3) is 0.500. The molecule has 4 unspecified atom stereocenters. The van der Waals surface area contributed by atoms with Crippen molar-refractivity contribution in [2.24, 2.45) is 5.41 Å². The summed E-state index contributed by atoms with van der Waals surface area (Å²) in [4.78, 5) is 30.4. The first-order valence-electron chi connectivity index (χ1n) is 12.4. The first kappa shape index (κ1) is 26.2. The summed E-state index contributed by atoms with van der Waals surface area (Å²) in [5.41, 5.74) is 1.34. The van der Waals surface area contributed by atoms with Crippen LogP contribution < -0.4 is 0 Å². The molecule has 4 rings (SSSR count). The monoisotopic (exact) mass is 516 g/mol. The van der Waals surface area contributed by atoms with E-state index in [9.17, 15) is 9.59 Å². The van der Waals surface area contributed by atoms with E-state index in [1.807, 2.05) is 49.4 Å². The van der Waals surface area contributed by atoms with Gasteiger partial charge in [-0.1, -0.05) is 61.3 Å². The Bertz CT molecular complexity index is 1030. The van der Waals surface area contributed by atoms with Crippen LogP contribution in [-0.2, 0) is 14.3 Å². The summed E-state index contributed by atoms with van der Waals surface area (Å²) in [5.74, 6) is 0.0270. The molecule has 2 aliphatic heterocycles. The molecule has 5 nitrogen and oxygen atoms in total. The van der Waals surface area contributed by atoms with Crippen molar-refractivity contribution in [1.29, 1.82) is 0 Å². The van der Waals surface area contributed by atoms with Crippen molar-refractivity contribution in [3.8, 4) is 0 Å². The van der Waals surface area contributed by atoms with Crippen LogP contribution in [0.15, 0.2) is 48.5 Å². The molecular weight excluding hydrogens is 483 g/mol. The van der Waals surface area contributed by atoms with Crippen LogP contribution in [0.2, 0.25) is 10.0 Å². The summed E-state index contributed by atoms with van der Waals surface area (Å²) in [6, 6.07) is 15.5. The van der Waals surface area contributed by atoms with Gasteiger partial charge in [-0.2, -0.15) is 0 Å². The molecule has 0 N–H and O–H groups in total. The molecule has 2 aromatic rings. The quantitative estimate of drug-likeness (QED) is 0.418. The van der Waals surface area contributed by atoms with Crippen molar-refractivity contribution in [1.82, 2.24) is 9.80 Å². The molecule has 1 amide bonds. The number of hydrogen-bond acceptors (Lipinski definition) is 4. The van der Waals surface area contributed by atoms with Crippen molar-refractivity contribution in [3.05, 3.63) is 69.7 Å². The van der Waals surface area contributed by atoms with Crippen LogP contribution in [0.3, 0.4) is 0 Å². The number of amides is 1. The summed E-state index contributed by atoms with van der Waals surface area (Å²) < 4.78 is 5.55. The summed E-state index contributed by atoms with van der Waals surface area (Å²) in [7, 11) is 0. The van der Waals surface area contributed by atoms with Gasteiger partial charge >= 0.3 is 0 Å². The standard InChI is InChI=1S/C28H34Cl2N2O3/c1-3-24(19-31-12-15-35-16-13-31)32-26(20-7-9-22(29)10-8-20)25(21-5-4-6-23(30)17-21)18-28(2,11-14-33)27(32)34/h4-10,14,17,24-26H,3,11-13,15-16,18-19H2,1-2H3. The topological polar surface area (TPSA) is 49.9 Å². The van der Waals surface area contributed by atoms with Crippen LogP contribution in [0.4, 0.5) is 0 Å². The number of aldehydes is 1. The SMILES string of the molecule is CCC(CN1CCOCC1)N1C(=O)C(C)(CC=O)CC(c2cccc(Cl)c2)C1c1ccc(Cl)cc1. The van der Waals surface area contributed by atoms with E-state index >= 15 is 0 Å². The van der Waals surface area contributed by atoms with Gasteiger partial charge in [-0.3, -0.25) is 9.69 Å². The molecule has 0 bridgehead atoms. The summed E-state index contributed by atoms with van der Waals surface area (Å²) in [6.45, 7) is 7.97. The first-order valence-corrected chi connectivity index (χ1v) is 13.2. The Kier molecular flexibility index (Phi) is 8.54. The third kappa shape index (κ3) is 5.75. The van der Waals surface area contributed by atoms with Gasteiger partial charge in [-0.25, -0.2) is 0 Å². The van der Waals surface area contributed by atoms with Crippen molar-refractivity contribution in [3.63, 3.8) is 0 Å². The number of carbonyl (C=O) groups is 2. The first-order chi connectivity index (χ1) is 16.9. The van der Waals surface area contributed by atoms with Gasteiger partial charge in [0.15, 0.2) is 0 Å².